The molecule has 0 radical (unpaired) electrons. The molecular weight excluding hydrogens is 498 g/mol. The van der Waals surface area contributed by atoms with Crippen LogP contribution in [0.1, 0.15) is 12.5 Å². The Morgan fingerprint density at radius 3 is 2.59 bits per heavy atom. The van der Waals surface area contributed by atoms with Crippen LogP contribution in [0.25, 0.3) is 16.7 Å². The largest absolute Gasteiger partial charge is 0.494 e. The first-order valence-electron chi connectivity index (χ1n) is 12.8. The number of hydrogen-bond donors (Lipinski definition) is 3. The third kappa shape index (κ3) is 5.48. The first-order valence-corrected chi connectivity index (χ1v) is 12.8. The number of pyridine rings is 1. The number of aryl methyl sites for hydroxylation is 1. The summed E-state index contributed by atoms with van der Waals surface area (Å²) in [6.45, 7) is 5.81. The first kappa shape index (κ1) is 26.0. The Bertz CT molecular complexity index is 1580. The number of amides is 1. The summed E-state index contributed by atoms with van der Waals surface area (Å²) >= 11 is 0. The fourth-order valence-electron chi connectivity index (χ4n) is 4.72. The number of rotatable bonds is 7. The van der Waals surface area contributed by atoms with Crippen LogP contribution in [0.3, 0.4) is 0 Å². The number of piperazine rings is 1. The van der Waals surface area contributed by atoms with Gasteiger partial charge in [0.1, 0.15) is 5.75 Å². The van der Waals surface area contributed by atoms with Crippen molar-refractivity contribution in [3.8, 4) is 11.4 Å². The number of nitrogens with one attached hydrogen (secondary N) is 2. The minimum absolute atomic E-state index is 0.226. The average molecular weight is 530 g/mol. The van der Waals surface area contributed by atoms with Gasteiger partial charge in [-0.15, -0.1) is 0 Å². The SMILES string of the molecule is CCc1cc2cnc(Nc3ccc(N4CCN(C)CC4)cc3OC)nc2n(-c2cccc(NC(=O)O)c2)c1=O. The Morgan fingerprint density at radius 1 is 1.08 bits per heavy atom. The van der Waals surface area contributed by atoms with E-state index in [9.17, 15) is 9.59 Å². The minimum Gasteiger partial charge on any atom is -0.494 e. The number of likely N-dealkylation sites (N-methyl/N-ethyl adjacent to an activating group) is 1. The van der Waals surface area contributed by atoms with E-state index in [-0.39, 0.29) is 5.56 Å². The predicted octanol–water partition coefficient (Wildman–Crippen LogP) is 3.94. The molecule has 11 heteroatoms. The van der Waals surface area contributed by atoms with Gasteiger partial charge >= 0.3 is 6.09 Å². The molecule has 3 N–H and O–H groups in total. The Hall–Kier alpha value is -4.64. The monoisotopic (exact) mass is 529 g/mol. The molecule has 0 unspecified atom stereocenters. The van der Waals surface area contributed by atoms with Crippen molar-refractivity contribution < 1.29 is 14.6 Å². The van der Waals surface area contributed by atoms with Crippen LogP contribution in [0.5, 0.6) is 5.75 Å². The zero-order valence-electron chi connectivity index (χ0n) is 22.1. The smallest absolute Gasteiger partial charge is 0.409 e. The van der Waals surface area contributed by atoms with Crippen molar-refractivity contribution in [1.29, 1.82) is 0 Å². The van der Waals surface area contributed by atoms with Crippen LogP contribution in [0.4, 0.5) is 27.8 Å². The van der Waals surface area contributed by atoms with Gasteiger partial charge < -0.3 is 25.0 Å². The van der Waals surface area contributed by atoms with Crippen LogP contribution in [0, 0.1) is 0 Å². The van der Waals surface area contributed by atoms with Gasteiger partial charge in [0, 0.05) is 60.8 Å². The Balaban J connectivity index is 1.53. The molecule has 11 nitrogen and oxygen atoms in total. The number of ether oxygens (including phenoxy) is 1. The number of anilines is 4. The predicted molar refractivity (Wildman–Crippen MR) is 152 cm³/mol. The molecule has 39 heavy (non-hydrogen) atoms. The third-order valence-corrected chi connectivity index (χ3v) is 6.85. The van der Waals surface area contributed by atoms with Crippen LogP contribution in [0.2, 0.25) is 0 Å². The van der Waals surface area contributed by atoms with Gasteiger partial charge in [-0.1, -0.05) is 13.0 Å². The number of carboxylic acid groups (broad SMARTS) is 1. The molecular formula is C28H31N7O4. The van der Waals surface area contributed by atoms with Crippen molar-refractivity contribution in [3.05, 3.63) is 70.6 Å². The van der Waals surface area contributed by atoms with Gasteiger partial charge in [-0.05, 0) is 49.9 Å². The van der Waals surface area contributed by atoms with E-state index in [1.54, 1.807) is 43.6 Å². The van der Waals surface area contributed by atoms with Gasteiger partial charge in [0.25, 0.3) is 5.56 Å². The van der Waals surface area contributed by atoms with E-state index in [0.29, 0.717) is 51.8 Å². The Kier molecular flexibility index (Phi) is 7.33. The van der Waals surface area contributed by atoms with Crippen molar-refractivity contribution in [2.45, 2.75) is 13.3 Å². The van der Waals surface area contributed by atoms with Crippen LogP contribution in [-0.4, -0.2) is 71.0 Å². The lowest BCUT2D eigenvalue weighted by molar-refractivity contribution is 0.209. The molecule has 0 saturated carbocycles. The lowest BCUT2D eigenvalue weighted by Gasteiger charge is -2.34. The zero-order valence-corrected chi connectivity index (χ0v) is 22.1. The lowest BCUT2D eigenvalue weighted by atomic mass is 10.1. The molecule has 0 atom stereocenters. The van der Waals surface area contributed by atoms with E-state index >= 15 is 0 Å². The highest BCUT2D eigenvalue weighted by Gasteiger charge is 2.17. The number of carbonyl (C=O) groups is 1. The van der Waals surface area contributed by atoms with Gasteiger partial charge in [0.15, 0.2) is 5.65 Å². The molecule has 4 aromatic rings. The molecule has 0 bridgehead atoms. The molecule has 2 aromatic carbocycles. The minimum atomic E-state index is -1.19. The molecule has 1 amide bonds. The van der Waals surface area contributed by atoms with E-state index in [4.69, 9.17) is 14.8 Å². The van der Waals surface area contributed by atoms with Crippen molar-refractivity contribution in [2.75, 3.05) is 55.9 Å². The quantitative estimate of drug-likeness (QED) is 0.326. The summed E-state index contributed by atoms with van der Waals surface area (Å²) in [5.74, 6) is 0.951. The van der Waals surface area contributed by atoms with E-state index < -0.39 is 6.09 Å². The van der Waals surface area contributed by atoms with Crippen LogP contribution in [0.15, 0.2) is 59.5 Å². The van der Waals surface area contributed by atoms with Crippen LogP contribution in [-0.2, 0) is 6.42 Å². The molecule has 0 spiro atoms. The number of methoxy groups -OCH3 is 1. The Morgan fingerprint density at radius 2 is 1.87 bits per heavy atom. The van der Waals surface area contributed by atoms with E-state index in [1.807, 2.05) is 25.1 Å². The Labute approximate surface area is 225 Å². The number of aromatic nitrogens is 3. The van der Waals surface area contributed by atoms with Crippen molar-refractivity contribution >= 4 is 40.1 Å². The van der Waals surface area contributed by atoms with Crippen LogP contribution >= 0.6 is 0 Å². The molecule has 1 saturated heterocycles. The standard InChI is InChI=1S/C28H31N7O4/c1-4-18-14-19-17-29-27(31-23-9-8-21(16-24(23)39-3)34-12-10-33(2)11-13-34)32-25(19)35(26(18)36)22-7-5-6-20(15-22)30-28(37)38/h5-9,14-17,30H,4,10-13H2,1-3H3,(H,37,38)(H,29,31,32). The summed E-state index contributed by atoms with van der Waals surface area (Å²) in [5.41, 5.74) is 3.39. The maximum absolute atomic E-state index is 13.4. The molecule has 5 rings (SSSR count). The highest BCUT2D eigenvalue weighted by atomic mass is 16.5. The highest BCUT2D eigenvalue weighted by molar-refractivity contribution is 5.84. The molecule has 2 aromatic heterocycles. The molecule has 1 aliphatic heterocycles. The van der Waals surface area contributed by atoms with Crippen molar-refractivity contribution in [2.24, 2.45) is 0 Å². The summed E-state index contributed by atoms with van der Waals surface area (Å²) in [7, 11) is 3.75. The number of hydrogen-bond acceptors (Lipinski definition) is 8. The fourth-order valence-corrected chi connectivity index (χ4v) is 4.72. The summed E-state index contributed by atoms with van der Waals surface area (Å²) in [4.78, 5) is 38.4. The highest BCUT2D eigenvalue weighted by Crippen LogP contribution is 2.32. The van der Waals surface area contributed by atoms with E-state index in [2.05, 4.69) is 32.5 Å². The van der Waals surface area contributed by atoms with Crippen molar-refractivity contribution in [3.63, 3.8) is 0 Å². The number of nitrogens with zero attached hydrogens (tertiary/aromatic N) is 5. The van der Waals surface area contributed by atoms with Gasteiger partial charge in [0.05, 0.1) is 18.5 Å². The summed E-state index contributed by atoms with van der Waals surface area (Å²) in [5, 5.41) is 15.4. The average Bonchev–Trinajstić information content (AvgIpc) is 2.93. The maximum Gasteiger partial charge on any atom is 0.409 e. The first-order chi connectivity index (χ1) is 18.9. The second-order valence-corrected chi connectivity index (χ2v) is 9.42. The van der Waals surface area contributed by atoms with E-state index in [0.717, 1.165) is 31.9 Å². The van der Waals surface area contributed by atoms with Crippen molar-refractivity contribution in [1.82, 2.24) is 19.4 Å². The lowest BCUT2D eigenvalue weighted by Crippen LogP contribution is -2.44. The van der Waals surface area contributed by atoms with Crippen LogP contribution < -0.4 is 25.8 Å². The molecule has 1 fully saturated rings. The van der Waals surface area contributed by atoms with Gasteiger partial charge in [-0.3, -0.25) is 14.7 Å². The normalized spacial score (nSPS) is 13.9. The zero-order chi connectivity index (χ0) is 27.5. The van der Waals surface area contributed by atoms with Gasteiger partial charge in [-0.2, -0.15) is 4.98 Å². The van der Waals surface area contributed by atoms with E-state index in [1.165, 1.54) is 4.57 Å². The second kappa shape index (κ2) is 11.0. The molecule has 202 valence electrons. The summed E-state index contributed by atoms with van der Waals surface area (Å²) in [6, 6.07) is 14.4. The molecule has 0 aliphatic carbocycles. The summed E-state index contributed by atoms with van der Waals surface area (Å²) in [6.07, 6.45) is 1.01. The molecule has 1 aliphatic rings. The fraction of sp³-hybridized carbons (Fsp3) is 0.286. The topological polar surface area (TPSA) is 125 Å². The third-order valence-electron chi connectivity index (χ3n) is 6.85. The number of benzene rings is 2. The maximum atomic E-state index is 13.4. The van der Waals surface area contributed by atoms with Gasteiger partial charge in [-0.25, -0.2) is 9.78 Å². The second-order valence-electron chi connectivity index (χ2n) is 9.42. The van der Waals surface area contributed by atoms with Gasteiger partial charge in [0.2, 0.25) is 5.95 Å². The molecule has 3 heterocycles. The number of fused-ring (bicyclic) bond motifs is 1. The summed E-state index contributed by atoms with van der Waals surface area (Å²) < 4.78 is 7.17.